The third-order valence-corrected chi connectivity index (χ3v) is 5.47. The van der Waals surface area contributed by atoms with E-state index in [1.807, 2.05) is 13.8 Å². The van der Waals surface area contributed by atoms with Crippen molar-refractivity contribution in [2.24, 2.45) is 0 Å². The van der Waals surface area contributed by atoms with Crippen molar-refractivity contribution in [3.05, 3.63) is 29.8 Å². The van der Waals surface area contributed by atoms with Crippen molar-refractivity contribution in [1.29, 1.82) is 0 Å². The van der Waals surface area contributed by atoms with Crippen LogP contribution in [-0.4, -0.2) is 51.7 Å². The van der Waals surface area contributed by atoms with Crippen molar-refractivity contribution >= 4 is 10.0 Å². The summed E-state index contributed by atoms with van der Waals surface area (Å²) in [5.41, 5.74) is -1.31. The number of halogens is 3. The molecule has 1 fully saturated rings. The summed E-state index contributed by atoms with van der Waals surface area (Å²) in [5.74, 6) is 0. The molecule has 136 valence electrons. The highest BCUT2D eigenvalue weighted by molar-refractivity contribution is 7.89. The van der Waals surface area contributed by atoms with Gasteiger partial charge in [-0.15, -0.1) is 0 Å². The number of sulfonamides is 1. The maximum atomic E-state index is 12.5. The Morgan fingerprint density at radius 3 is 2.17 bits per heavy atom. The van der Waals surface area contributed by atoms with E-state index in [4.69, 9.17) is 4.74 Å². The van der Waals surface area contributed by atoms with Gasteiger partial charge in [0.2, 0.25) is 10.0 Å². The Morgan fingerprint density at radius 1 is 1.12 bits per heavy atom. The average Bonchev–Trinajstić information content (AvgIpc) is 2.53. The third kappa shape index (κ3) is 4.69. The van der Waals surface area contributed by atoms with Crippen LogP contribution in [0.2, 0.25) is 0 Å². The number of hydrogen-bond acceptors (Lipinski definition) is 4. The molecule has 0 radical (unpaired) electrons. The highest BCUT2D eigenvalue weighted by Crippen LogP contribution is 2.29. The molecule has 0 spiro atoms. The van der Waals surface area contributed by atoms with Crippen LogP contribution in [0, 0.1) is 0 Å². The summed E-state index contributed by atoms with van der Waals surface area (Å²) < 4.78 is 70.0. The molecule has 0 atom stereocenters. The van der Waals surface area contributed by atoms with Crippen LogP contribution in [0.3, 0.4) is 0 Å². The Balaban J connectivity index is 2.05. The maximum absolute atomic E-state index is 12.5. The molecule has 0 aliphatic carbocycles. The van der Waals surface area contributed by atoms with E-state index >= 15 is 0 Å². The molecule has 0 bridgehead atoms. The van der Waals surface area contributed by atoms with E-state index in [9.17, 15) is 21.6 Å². The number of alkyl halides is 3. The molecule has 24 heavy (non-hydrogen) atoms. The van der Waals surface area contributed by atoms with Crippen LogP contribution >= 0.6 is 0 Å². The van der Waals surface area contributed by atoms with E-state index < -0.39 is 27.3 Å². The standard InChI is InChI=1S/C15H21F3N2O3S/c1-14(2,20-7-9-23-10-8-20)11-19-24(21,22)13-5-3-12(4-6-13)15(16,17)18/h3-6,19H,7-11H2,1-2H3. The van der Waals surface area contributed by atoms with Crippen LogP contribution in [0.4, 0.5) is 13.2 Å². The molecule has 0 aromatic heterocycles. The minimum absolute atomic E-state index is 0.149. The molecular weight excluding hydrogens is 345 g/mol. The number of benzene rings is 1. The molecule has 1 aliphatic rings. The zero-order chi connectivity index (χ0) is 18.0. The smallest absolute Gasteiger partial charge is 0.379 e. The molecule has 1 heterocycles. The van der Waals surface area contributed by atoms with Crippen LogP contribution in [0.25, 0.3) is 0 Å². The summed E-state index contributed by atoms with van der Waals surface area (Å²) in [6.45, 7) is 6.56. The normalized spacial score (nSPS) is 17.9. The van der Waals surface area contributed by atoms with Crippen molar-refractivity contribution in [2.75, 3.05) is 32.8 Å². The summed E-state index contributed by atoms with van der Waals surface area (Å²) in [5, 5.41) is 0. The molecule has 1 aromatic rings. The molecule has 9 heteroatoms. The van der Waals surface area contributed by atoms with Gasteiger partial charge in [0.05, 0.1) is 23.7 Å². The van der Waals surface area contributed by atoms with Gasteiger partial charge in [0, 0.05) is 25.2 Å². The second-order valence-electron chi connectivity index (χ2n) is 6.26. The lowest BCUT2D eigenvalue weighted by atomic mass is 10.0. The lowest BCUT2D eigenvalue weighted by Crippen LogP contribution is -2.55. The Kier molecular flexibility index (Phi) is 5.58. The Hall–Kier alpha value is -1.16. The van der Waals surface area contributed by atoms with Gasteiger partial charge in [0.1, 0.15) is 0 Å². The van der Waals surface area contributed by atoms with Gasteiger partial charge < -0.3 is 4.74 Å². The second kappa shape index (κ2) is 6.99. The van der Waals surface area contributed by atoms with Crippen LogP contribution in [-0.2, 0) is 20.9 Å². The van der Waals surface area contributed by atoms with Crippen molar-refractivity contribution in [1.82, 2.24) is 9.62 Å². The first kappa shape index (κ1) is 19.2. The molecule has 1 aromatic carbocycles. The average molecular weight is 366 g/mol. The molecule has 0 saturated carbocycles. The van der Waals surface area contributed by atoms with E-state index in [-0.39, 0.29) is 11.4 Å². The molecule has 1 saturated heterocycles. The lowest BCUT2D eigenvalue weighted by molar-refractivity contribution is -0.137. The van der Waals surface area contributed by atoms with Crippen LogP contribution in [0.5, 0.6) is 0 Å². The van der Waals surface area contributed by atoms with Gasteiger partial charge in [-0.25, -0.2) is 13.1 Å². The van der Waals surface area contributed by atoms with Crippen LogP contribution in [0.1, 0.15) is 19.4 Å². The van der Waals surface area contributed by atoms with Gasteiger partial charge >= 0.3 is 6.18 Å². The minimum atomic E-state index is -4.49. The zero-order valence-corrected chi connectivity index (χ0v) is 14.4. The van der Waals surface area contributed by atoms with Gasteiger partial charge in [-0.05, 0) is 38.1 Å². The van der Waals surface area contributed by atoms with Gasteiger partial charge in [-0.1, -0.05) is 0 Å². The summed E-state index contributed by atoms with van der Waals surface area (Å²) in [6.07, 6.45) is -4.49. The summed E-state index contributed by atoms with van der Waals surface area (Å²) in [6, 6.07) is 3.46. The van der Waals surface area contributed by atoms with Gasteiger partial charge in [0.25, 0.3) is 0 Å². The molecule has 2 rings (SSSR count). The number of nitrogens with one attached hydrogen (secondary N) is 1. The number of rotatable bonds is 5. The third-order valence-electron chi connectivity index (χ3n) is 4.05. The van der Waals surface area contributed by atoms with Gasteiger partial charge in [0.15, 0.2) is 0 Å². The van der Waals surface area contributed by atoms with Crippen molar-refractivity contribution < 1.29 is 26.3 Å². The highest BCUT2D eigenvalue weighted by atomic mass is 32.2. The van der Waals surface area contributed by atoms with Crippen LogP contribution < -0.4 is 4.72 Å². The lowest BCUT2D eigenvalue weighted by Gasteiger charge is -2.40. The number of morpholine rings is 1. The molecule has 1 aliphatic heterocycles. The first-order chi connectivity index (χ1) is 11.0. The van der Waals surface area contributed by atoms with E-state index in [1.54, 1.807) is 0 Å². The zero-order valence-electron chi connectivity index (χ0n) is 13.6. The second-order valence-corrected chi connectivity index (χ2v) is 8.03. The van der Waals surface area contributed by atoms with Crippen molar-refractivity contribution in [2.45, 2.75) is 30.5 Å². The minimum Gasteiger partial charge on any atom is -0.379 e. The Labute approximate surface area is 139 Å². The fourth-order valence-corrected chi connectivity index (χ4v) is 3.66. The maximum Gasteiger partial charge on any atom is 0.416 e. The topological polar surface area (TPSA) is 58.6 Å². The quantitative estimate of drug-likeness (QED) is 0.867. The van der Waals surface area contributed by atoms with E-state index in [2.05, 4.69) is 9.62 Å². The Bertz CT molecular complexity index is 652. The van der Waals surface area contributed by atoms with Gasteiger partial charge in [-0.2, -0.15) is 13.2 Å². The number of hydrogen-bond donors (Lipinski definition) is 1. The van der Waals surface area contributed by atoms with E-state index in [0.717, 1.165) is 24.3 Å². The molecular formula is C15H21F3N2O3S. The first-order valence-electron chi connectivity index (χ1n) is 7.52. The first-order valence-corrected chi connectivity index (χ1v) is 9.00. The largest absolute Gasteiger partial charge is 0.416 e. The summed E-state index contributed by atoms with van der Waals surface area (Å²) in [7, 11) is -3.87. The fourth-order valence-electron chi connectivity index (χ4n) is 2.46. The molecule has 0 amide bonds. The predicted molar refractivity (Wildman–Crippen MR) is 83.1 cm³/mol. The van der Waals surface area contributed by atoms with Crippen LogP contribution in [0.15, 0.2) is 29.2 Å². The fraction of sp³-hybridized carbons (Fsp3) is 0.600. The Morgan fingerprint density at radius 2 is 1.67 bits per heavy atom. The molecule has 5 nitrogen and oxygen atoms in total. The van der Waals surface area contributed by atoms with Gasteiger partial charge in [-0.3, -0.25) is 4.90 Å². The van der Waals surface area contributed by atoms with E-state index in [0.29, 0.717) is 26.3 Å². The SMILES string of the molecule is CC(C)(CNS(=O)(=O)c1ccc(C(F)(F)F)cc1)N1CCOCC1. The highest BCUT2D eigenvalue weighted by Gasteiger charge is 2.32. The number of ether oxygens (including phenoxy) is 1. The van der Waals surface area contributed by atoms with E-state index in [1.165, 1.54) is 0 Å². The van der Waals surface area contributed by atoms with Crippen molar-refractivity contribution in [3.63, 3.8) is 0 Å². The van der Waals surface area contributed by atoms with Crippen molar-refractivity contribution in [3.8, 4) is 0 Å². The monoisotopic (exact) mass is 366 g/mol. The summed E-state index contributed by atoms with van der Waals surface area (Å²) in [4.78, 5) is 1.93. The molecule has 1 N–H and O–H groups in total. The number of nitrogens with zero attached hydrogens (tertiary/aromatic N) is 1. The predicted octanol–water partition coefficient (Wildman–Crippen LogP) is 2.09. The molecule has 0 unspecified atom stereocenters. The summed E-state index contributed by atoms with van der Waals surface area (Å²) >= 11 is 0.